The highest BCUT2D eigenvalue weighted by Crippen LogP contribution is 2.41. The molecule has 1 aliphatic rings. The summed E-state index contributed by atoms with van der Waals surface area (Å²) in [5.74, 6) is -0.481. The number of aryl methyl sites for hydroxylation is 2. The van der Waals surface area contributed by atoms with E-state index in [4.69, 9.17) is 17.0 Å². The summed E-state index contributed by atoms with van der Waals surface area (Å²) < 4.78 is 7.13. The zero-order chi connectivity index (χ0) is 29.1. The fourth-order valence-corrected chi connectivity index (χ4v) is 5.87. The van der Waals surface area contributed by atoms with Gasteiger partial charge in [0.2, 0.25) is 5.91 Å². The molecule has 2 N–H and O–H groups in total. The van der Waals surface area contributed by atoms with E-state index in [1.54, 1.807) is 12.3 Å². The van der Waals surface area contributed by atoms with Gasteiger partial charge in [-0.2, -0.15) is 0 Å². The van der Waals surface area contributed by atoms with Gasteiger partial charge < -0.3 is 24.8 Å². The Hall–Kier alpha value is -4.50. The molecule has 1 amide bonds. The van der Waals surface area contributed by atoms with Crippen molar-refractivity contribution in [2.45, 2.75) is 39.3 Å². The molecule has 0 bridgehead atoms. The van der Waals surface area contributed by atoms with Crippen molar-refractivity contribution < 1.29 is 14.3 Å². The number of pyridine rings is 1. The van der Waals surface area contributed by atoms with Crippen LogP contribution in [0, 0.1) is 20.8 Å². The average Bonchev–Trinajstić information content (AvgIpc) is 3.47. The van der Waals surface area contributed by atoms with E-state index in [0.717, 1.165) is 39.6 Å². The van der Waals surface area contributed by atoms with Crippen molar-refractivity contribution in [2.24, 2.45) is 0 Å². The van der Waals surface area contributed by atoms with Gasteiger partial charge in [0.1, 0.15) is 0 Å². The number of anilines is 1. The smallest absolute Gasteiger partial charge is 0.339 e. The van der Waals surface area contributed by atoms with Crippen molar-refractivity contribution in [3.8, 4) is 5.69 Å². The lowest BCUT2D eigenvalue weighted by Gasteiger charge is -2.28. The lowest BCUT2D eigenvalue weighted by atomic mass is 9.96. The molecule has 1 saturated heterocycles. The van der Waals surface area contributed by atoms with Crippen LogP contribution in [0.2, 0.25) is 0 Å². The van der Waals surface area contributed by atoms with Crippen LogP contribution in [-0.2, 0) is 9.53 Å². The summed E-state index contributed by atoms with van der Waals surface area (Å²) in [6, 6.07) is 22.6. The van der Waals surface area contributed by atoms with Crippen LogP contribution < -0.4 is 10.6 Å². The molecule has 5 rings (SSSR count). The van der Waals surface area contributed by atoms with Crippen molar-refractivity contribution in [2.75, 3.05) is 19.0 Å². The van der Waals surface area contributed by atoms with E-state index in [2.05, 4.69) is 31.2 Å². The molecule has 8 nitrogen and oxygen atoms in total. The van der Waals surface area contributed by atoms with Gasteiger partial charge in [0.15, 0.2) is 5.11 Å². The number of hydrogen-bond donors (Lipinski definition) is 2. The molecule has 3 heterocycles. The van der Waals surface area contributed by atoms with Gasteiger partial charge in [0.25, 0.3) is 0 Å². The number of esters is 1. The number of hydrogen-bond acceptors (Lipinski definition) is 5. The molecule has 210 valence electrons. The highest BCUT2D eigenvalue weighted by molar-refractivity contribution is 7.80. The number of carbonyl (C=O) groups is 2. The topological polar surface area (TPSA) is 88.5 Å². The number of amides is 1. The van der Waals surface area contributed by atoms with Crippen LogP contribution in [-0.4, -0.2) is 45.1 Å². The minimum Gasteiger partial charge on any atom is -0.465 e. The van der Waals surface area contributed by atoms with E-state index in [-0.39, 0.29) is 24.4 Å². The van der Waals surface area contributed by atoms with Crippen molar-refractivity contribution in [3.63, 3.8) is 0 Å². The maximum absolute atomic E-state index is 13.0. The molecule has 2 aromatic heterocycles. The lowest BCUT2D eigenvalue weighted by molar-refractivity contribution is -0.116. The first-order chi connectivity index (χ1) is 19.8. The molecule has 41 heavy (non-hydrogen) atoms. The van der Waals surface area contributed by atoms with Crippen LogP contribution in [0.1, 0.15) is 57.1 Å². The van der Waals surface area contributed by atoms with Crippen molar-refractivity contribution in [1.82, 2.24) is 19.8 Å². The predicted molar refractivity (Wildman–Crippen MR) is 163 cm³/mol. The number of para-hydroxylation sites is 2. The number of aromatic nitrogens is 2. The standard InChI is InChI=1S/C32H33N5O3S/c1-20-11-5-7-13-25(20)34-28(38)16-18-36-30(29(35-32(36)41)26-14-9-10-17-33-26)24-19-21(2)37(22(24)3)27-15-8-6-12-23(27)31(39)40-4/h5-15,17,19,29-30H,16,18H2,1-4H3,(H,34,38)(H,35,41)/t29-,30+/m0/s1. The molecule has 2 atom stereocenters. The number of carbonyl (C=O) groups excluding carboxylic acids is 2. The van der Waals surface area contributed by atoms with Crippen LogP contribution in [0.5, 0.6) is 0 Å². The van der Waals surface area contributed by atoms with Crippen LogP contribution in [0.3, 0.4) is 0 Å². The molecule has 2 aromatic carbocycles. The number of nitrogens with one attached hydrogen (secondary N) is 2. The Morgan fingerprint density at radius 3 is 2.49 bits per heavy atom. The summed E-state index contributed by atoms with van der Waals surface area (Å²) in [6.45, 7) is 6.44. The van der Waals surface area contributed by atoms with Crippen LogP contribution in [0.4, 0.5) is 5.69 Å². The normalized spacial score (nSPS) is 16.4. The second-order valence-corrected chi connectivity index (χ2v) is 10.5. The molecule has 0 spiro atoms. The second kappa shape index (κ2) is 11.9. The molecular formula is C32H33N5O3S. The minimum atomic E-state index is -0.397. The minimum absolute atomic E-state index is 0.0837. The molecule has 0 saturated carbocycles. The zero-order valence-corrected chi connectivity index (χ0v) is 24.4. The first-order valence-corrected chi connectivity index (χ1v) is 13.9. The maximum atomic E-state index is 13.0. The Labute approximate surface area is 245 Å². The van der Waals surface area contributed by atoms with E-state index in [1.807, 2.05) is 81.4 Å². The van der Waals surface area contributed by atoms with Gasteiger partial charge >= 0.3 is 5.97 Å². The summed E-state index contributed by atoms with van der Waals surface area (Å²) in [7, 11) is 1.38. The van der Waals surface area contributed by atoms with E-state index < -0.39 is 5.97 Å². The first-order valence-electron chi connectivity index (χ1n) is 13.5. The van der Waals surface area contributed by atoms with Gasteiger partial charge in [0, 0.05) is 36.2 Å². The third-order valence-corrected chi connectivity index (χ3v) is 7.89. The third-order valence-electron chi connectivity index (χ3n) is 7.54. The number of methoxy groups -OCH3 is 1. The van der Waals surface area contributed by atoms with Crippen LogP contribution in [0.15, 0.2) is 79.0 Å². The molecule has 9 heteroatoms. The van der Waals surface area contributed by atoms with Crippen LogP contribution >= 0.6 is 12.2 Å². The molecule has 4 aromatic rings. The van der Waals surface area contributed by atoms with E-state index >= 15 is 0 Å². The van der Waals surface area contributed by atoms with Crippen molar-refractivity contribution in [1.29, 1.82) is 0 Å². The summed E-state index contributed by atoms with van der Waals surface area (Å²) in [5.41, 5.74) is 6.84. The Morgan fingerprint density at radius 1 is 1.02 bits per heavy atom. The average molecular weight is 568 g/mol. The van der Waals surface area contributed by atoms with E-state index in [0.29, 0.717) is 17.2 Å². The number of thiocarbonyl (C=S) groups is 1. The molecule has 1 aliphatic heterocycles. The van der Waals surface area contributed by atoms with Gasteiger partial charge in [-0.25, -0.2) is 4.79 Å². The van der Waals surface area contributed by atoms with Gasteiger partial charge in [0.05, 0.1) is 36.1 Å². The third kappa shape index (κ3) is 5.58. The molecule has 0 unspecified atom stereocenters. The predicted octanol–water partition coefficient (Wildman–Crippen LogP) is 5.59. The van der Waals surface area contributed by atoms with E-state index in [9.17, 15) is 9.59 Å². The Balaban J connectivity index is 1.51. The Kier molecular flexibility index (Phi) is 8.16. The summed E-state index contributed by atoms with van der Waals surface area (Å²) in [4.78, 5) is 32.3. The summed E-state index contributed by atoms with van der Waals surface area (Å²) >= 11 is 5.83. The van der Waals surface area contributed by atoms with Gasteiger partial charge in [-0.1, -0.05) is 36.4 Å². The Bertz CT molecular complexity index is 1600. The molecular weight excluding hydrogens is 534 g/mol. The highest BCUT2D eigenvalue weighted by atomic mass is 32.1. The fourth-order valence-electron chi connectivity index (χ4n) is 5.54. The zero-order valence-electron chi connectivity index (χ0n) is 23.5. The SMILES string of the molecule is COC(=O)c1ccccc1-n1c(C)cc([C@@H]2[C@H](c3ccccn3)NC(=S)N2CCC(=O)Nc2ccccc2C)c1C. The Morgan fingerprint density at radius 2 is 1.76 bits per heavy atom. The van der Waals surface area contributed by atoms with Gasteiger partial charge in [-0.05, 0) is 80.5 Å². The summed E-state index contributed by atoms with van der Waals surface area (Å²) in [6.07, 6.45) is 2.02. The molecule has 0 radical (unpaired) electrons. The molecule has 1 fully saturated rings. The number of nitrogens with zero attached hydrogens (tertiary/aromatic N) is 3. The van der Waals surface area contributed by atoms with E-state index in [1.165, 1.54) is 7.11 Å². The maximum Gasteiger partial charge on any atom is 0.339 e. The number of ether oxygens (including phenoxy) is 1. The van der Waals surface area contributed by atoms with Crippen molar-refractivity contribution in [3.05, 3.63) is 113 Å². The second-order valence-electron chi connectivity index (χ2n) is 10.1. The van der Waals surface area contributed by atoms with Gasteiger partial charge in [-0.15, -0.1) is 0 Å². The quantitative estimate of drug-likeness (QED) is 0.212. The van der Waals surface area contributed by atoms with Gasteiger partial charge in [-0.3, -0.25) is 9.78 Å². The fraction of sp³-hybridized carbons (Fsp3) is 0.250. The monoisotopic (exact) mass is 567 g/mol. The number of rotatable bonds is 8. The lowest BCUT2D eigenvalue weighted by Crippen LogP contribution is -2.33. The largest absolute Gasteiger partial charge is 0.465 e. The summed E-state index contributed by atoms with van der Waals surface area (Å²) in [5, 5.41) is 7.06. The van der Waals surface area contributed by atoms with Crippen molar-refractivity contribution >= 4 is 34.9 Å². The highest BCUT2D eigenvalue weighted by Gasteiger charge is 2.41. The number of benzene rings is 2. The first kappa shape index (κ1) is 28.0. The van der Waals surface area contributed by atoms with Crippen LogP contribution in [0.25, 0.3) is 5.69 Å². The molecule has 0 aliphatic carbocycles.